The van der Waals surface area contributed by atoms with Crippen LogP contribution in [0.25, 0.3) is 112 Å². The summed E-state index contributed by atoms with van der Waals surface area (Å²) in [5.41, 5.74) is 12.9. The Morgan fingerprint density at radius 3 is 1.46 bits per heavy atom. The number of furan rings is 1. The lowest BCUT2D eigenvalue weighted by atomic mass is 9.97. The zero-order chi connectivity index (χ0) is 39.1. The van der Waals surface area contributed by atoms with Crippen molar-refractivity contribution in [1.82, 2.24) is 29.9 Å². The van der Waals surface area contributed by atoms with E-state index in [9.17, 15) is 0 Å². The maximum Gasteiger partial charge on any atom is 0.229 e. The number of rotatable bonds is 7. The summed E-state index contributed by atoms with van der Waals surface area (Å²) in [7, 11) is 0. The molecule has 11 rings (SSSR count). The van der Waals surface area contributed by atoms with E-state index >= 15 is 0 Å². The monoisotopic (exact) mass is 756 g/mol. The molecule has 0 aliphatic rings. The summed E-state index contributed by atoms with van der Waals surface area (Å²) in [4.78, 5) is 28.7. The second-order valence-corrected chi connectivity index (χ2v) is 14.4. The SMILES string of the molecule is c1ccc(-c2ccc(-c3ccnc4oc5c(-c6ccc7ccc(-c8ccc(-c9nc(-c%10ccccc%10)nc(-c%10ccccc%10)n9)cc8)cc7c6)ncnc5c34)cc2)cc1. The Morgan fingerprint density at radius 2 is 0.831 bits per heavy atom. The molecule has 0 N–H and O–H groups in total. The van der Waals surface area contributed by atoms with Crippen LogP contribution in [0, 0.1) is 0 Å². The molecule has 0 bridgehead atoms. The maximum absolute atomic E-state index is 6.46. The fourth-order valence-corrected chi connectivity index (χ4v) is 7.74. The molecule has 59 heavy (non-hydrogen) atoms. The molecule has 0 saturated heterocycles. The minimum Gasteiger partial charge on any atom is -0.434 e. The van der Waals surface area contributed by atoms with Crippen molar-refractivity contribution in [3.8, 4) is 78.8 Å². The molecule has 7 heteroatoms. The van der Waals surface area contributed by atoms with Crippen LogP contribution in [0.15, 0.2) is 199 Å². The molecule has 11 aromatic rings. The molecule has 4 heterocycles. The lowest BCUT2D eigenvalue weighted by Gasteiger charge is -2.10. The van der Waals surface area contributed by atoms with Crippen molar-refractivity contribution in [3.05, 3.63) is 195 Å². The molecular formula is C52H32N6O. The molecule has 4 aromatic heterocycles. The van der Waals surface area contributed by atoms with Crippen molar-refractivity contribution in [2.45, 2.75) is 0 Å². The van der Waals surface area contributed by atoms with Gasteiger partial charge in [0.2, 0.25) is 5.71 Å². The van der Waals surface area contributed by atoms with E-state index in [2.05, 4.69) is 114 Å². The Balaban J connectivity index is 0.931. The van der Waals surface area contributed by atoms with Gasteiger partial charge in [0, 0.05) is 28.5 Å². The van der Waals surface area contributed by atoms with Gasteiger partial charge >= 0.3 is 0 Å². The number of nitrogens with zero attached hydrogens (tertiary/aromatic N) is 6. The van der Waals surface area contributed by atoms with E-state index in [0.29, 0.717) is 28.8 Å². The minimum atomic E-state index is 0.530. The van der Waals surface area contributed by atoms with Gasteiger partial charge in [0.25, 0.3) is 0 Å². The third-order valence-corrected chi connectivity index (χ3v) is 10.7. The standard InChI is InChI=1S/C52H32N6O/c1-4-10-33(11-5-1)34-16-22-37(23-17-34)44-28-29-53-52-45(44)47-48(59-52)46(54-32-55-47)42-27-21-36-20-26-41(30-43(36)31-42)35-18-24-40(25-19-35)51-57-49(38-12-6-2-7-13-38)56-50(58-51)39-14-8-3-9-15-39/h1-32H. The molecule has 0 saturated carbocycles. The van der Waals surface area contributed by atoms with E-state index in [1.807, 2.05) is 72.8 Å². The summed E-state index contributed by atoms with van der Waals surface area (Å²) in [6.07, 6.45) is 3.40. The highest BCUT2D eigenvalue weighted by Crippen LogP contribution is 2.39. The maximum atomic E-state index is 6.46. The van der Waals surface area contributed by atoms with E-state index < -0.39 is 0 Å². The molecule has 0 radical (unpaired) electrons. The normalized spacial score (nSPS) is 11.4. The zero-order valence-electron chi connectivity index (χ0n) is 31.6. The summed E-state index contributed by atoms with van der Waals surface area (Å²) < 4.78 is 6.46. The number of benzene rings is 7. The van der Waals surface area contributed by atoms with E-state index in [0.717, 1.165) is 77.4 Å². The minimum absolute atomic E-state index is 0.530. The van der Waals surface area contributed by atoms with Crippen LogP contribution >= 0.6 is 0 Å². The lowest BCUT2D eigenvalue weighted by Crippen LogP contribution is -2.00. The van der Waals surface area contributed by atoms with Gasteiger partial charge in [0.15, 0.2) is 23.1 Å². The van der Waals surface area contributed by atoms with E-state index in [1.54, 1.807) is 12.5 Å². The highest BCUT2D eigenvalue weighted by atomic mass is 16.3. The van der Waals surface area contributed by atoms with Gasteiger partial charge in [-0.25, -0.2) is 29.9 Å². The largest absolute Gasteiger partial charge is 0.434 e. The molecule has 7 nitrogen and oxygen atoms in total. The van der Waals surface area contributed by atoms with Crippen molar-refractivity contribution in [2.24, 2.45) is 0 Å². The average Bonchev–Trinajstić information content (AvgIpc) is 3.71. The summed E-state index contributed by atoms with van der Waals surface area (Å²) in [6.45, 7) is 0. The molecule has 0 atom stereocenters. The van der Waals surface area contributed by atoms with Crippen molar-refractivity contribution < 1.29 is 4.42 Å². The Labute approximate surface area is 339 Å². The highest BCUT2D eigenvalue weighted by molar-refractivity contribution is 6.12. The predicted octanol–water partition coefficient (Wildman–Crippen LogP) is 12.8. The van der Waals surface area contributed by atoms with E-state index in [1.165, 1.54) is 5.56 Å². The zero-order valence-corrected chi connectivity index (χ0v) is 31.6. The number of aromatic nitrogens is 6. The van der Waals surface area contributed by atoms with Gasteiger partial charge < -0.3 is 4.42 Å². The second-order valence-electron chi connectivity index (χ2n) is 14.4. The lowest BCUT2D eigenvalue weighted by molar-refractivity contribution is 0.652. The van der Waals surface area contributed by atoms with Crippen LogP contribution in [0.4, 0.5) is 0 Å². The van der Waals surface area contributed by atoms with Gasteiger partial charge in [-0.2, -0.15) is 0 Å². The Kier molecular flexibility index (Phi) is 8.33. The van der Waals surface area contributed by atoms with Gasteiger partial charge in [-0.1, -0.05) is 164 Å². The van der Waals surface area contributed by atoms with Crippen molar-refractivity contribution in [2.75, 3.05) is 0 Å². The third-order valence-electron chi connectivity index (χ3n) is 10.7. The molecule has 0 aliphatic carbocycles. The second kappa shape index (κ2) is 14.4. The van der Waals surface area contributed by atoms with Crippen LogP contribution in [0.3, 0.4) is 0 Å². The molecule has 276 valence electrons. The Bertz CT molecular complexity index is 3240. The van der Waals surface area contributed by atoms with Gasteiger partial charge in [-0.3, -0.25) is 0 Å². The van der Waals surface area contributed by atoms with Gasteiger partial charge in [0.1, 0.15) is 17.5 Å². The van der Waals surface area contributed by atoms with E-state index in [4.69, 9.17) is 29.3 Å². The van der Waals surface area contributed by atoms with Gasteiger partial charge in [-0.05, 0) is 62.4 Å². The van der Waals surface area contributed by atoms with Crippen LogP contribution < -0.4 is 0 Å². The molecule has 7 aromatic carbocycles. The molecular weight excluding hydrogens is 725 g/mol. The van der Waals surface area contributed by atoms with Crippen molar-refractivity contribution in [3.63, 3.8) is 0 Å². The van der Waals surface area contributed by atoms with Crippen LogP contribution in [0.2, 0.25) is 0 Å². The van der Waals surface area contributed by atoms with Crippen LogP contribution in [-0.2, 0) is 0 Å². The Morgan fingerprint density at radius 1 is 0.356 bits per heavy atom. The van der Waals surface area contributed by atoms with Crippen LogP contribution in [0.1, 0.15) is 0 Å². The van der Waals surface area contributed by atoms with Crippen molar-refractivity contribution in [1.29, 1.82) is 0 Å². The first kappa shape index (κ1) is 34.1. The summed E-state index contributed by atoms with van der Waals surface area (Å²) in [5, 5.41) is 3.08. The average molecular weight is 757 g/mol. The predicted molar refractivity (Wildman–Crippen MR) is 236 cm³/mol. The molecule has 0 unspecified atom stereocenters. The smallest absolute Gasteiger partial charge is 0.229 e. The van der Waals surface area contributed by atoms with Crippen molar-refractivity contribution >= 4 is 33.0 Å². The molecule has 0 spiro atoms. The van der Waals surface area contributed by atoms with E-state index in [-0.39, 0.29) is 0 Å². The topological polar surface area (TPSA) is 90.5 Å². The fourth-order valence-electron chi connectivity index (χ4n) is 7.74. The van der Waals surface area contributed by atoms with Crippen LogP contribution in [0.5, 0.6) is 0 Å². The summed E-state index contributed by atoms with van der Waals surface area (Å²) >= 11 is 0. The number of pyridine rings is 1. The van der Waals surface area contributed by atoms with Gasteiger partial charge in [0.05, 0.1) is 5.39 Å². The molecule has 0 fully saturated rings. The molecule has 0 amide bonds. The quantitative estimate of drug-likeness (QED) is 0.160. The van der Waals surface area contributed by atoms with Gasteiger partial charge in [-0.15, -0.1) is 0 Å². The first-order valence-corrected chi connectivity index (χ1v) is 19.4. The summed E-state index contributed by atoms with van der Waals surface area (Å²) in [5.74, 6) is 1.90. The summed E-state index contributed by atoms with van der Waals surface area (Å²) in [6, 6.07) is 62.3. The number of fused-ring (bicyclic) bond motifs is 4. The first-order chi connectivity index (χ1) is 29.2. The molecule has 0 aliphatic heterocycles. The number of hydrogen-bond donors (Lipinski definition) is 0. The first-order valence-electron chi connectivity index (χ1n) is 19.4. The Hall–Kier alpha value is -8.16. The fraction of sp³-hybridized carbons (Fsp3) is 0. The highest BCUT2D eigenvalue weighted by Gasteiger charge is 2.20. The van der Waals surface area contributed by atoms with Crippen LogP contribution in [-0.4, -0.2) is 29.9 Å². The third kappa shape index (κ3) is 6.37. The number of hydrogen-bond acceptors (Lipinski definition) is 7.